The zero-order valence-corrected chi connectivity index (χ0v) is 9.26. The predicted octanol–water partition coefficient (Wildman–Crippen LogP) is 3.90. The van der Waals surface area contributed by atoms with Crippen LogP contribution in [0.5, 0.6) is 0 Å². The Labute approximate surface area is 95.0 Å². The molecule has 1 aliphatic rings. The van der Waals surface area contributed by atoms with Gasteiger partial charge in [0.05, 0.1) is 0 Å². The van der Waals surface area contributed by atoms with Crippen LogP contribution in [-0.4, -0.2) is 6.61 Å². The largest absolute Gasteiger partial charge is 0.368 e. The minimum absolute atomic E-state index is 0.0218. The van der Waals surface area contributed by atoms with Gasteiger partial charge in [0.15, 0.2) is 0 Å². The lowest BCUT2D eigenvalue weighted by Gasteiger charge is -2.24. The van der Waals surface area contributed by atoms with Gasteiger partial charge < -0.3 is 4.74 Å². The van der Waals surface area contributed by atoms with Crippen molar-refractivity contribution < 1.29 is 4.74 Å². The molecule has 0 amide bonds. The summed E-state index contributed by atoms with van der Waals surface area (Å²) < 4.78 is 5.72. The molecule has 1 heterocycles. The summed E-state index contributed by atoms with van der Waals surface area (Å²) in [7, 11) is 0. The Balaban J connectivity index is 2.28. The first-order valence-corrected chi connectivity index (χ1v) is 5.45. The molecule has 15 heavy (non-hydrogen) atoms. The minimum Gasteiger partial charge on any atom is -0.368 e. The molecule has 0 spiro atoms. The number of benzene rings is 1. The molecule has 1 atom stereocenters. The molecule has 0 N–H and O–H groups in total. The fourth-order valence-electron chi connectivity index (χ4n) is 1.81. The molecule has 0 bridgehead atoms. The fraction of sp³-hybridized carbons (Fsp3) is 0.308. The fourth-order valence-corrected chi connectivity index (χ4v) is 1.94. The molecule has 2 heteroatoms. The summed E-state index contributed by atoms with van der Waals surface area (Å²) in [5, 5.41) is 0.749. The highest BCUT2D eigenvalue weighted by Gasteiger charge is 2.20. The molecule has 1 fully saturated rings. The van der Waals surface area contributed by atoms with Crippen LogP contribution in [0.1, 0.15) is 24.5 Å². The standard InChI is InChI=1S/C13H13ClO/c1-2-10-4-3-9-15-13(10)11-5-7-12(14)8-6-11/h5-8,13H,1,3-4,9H2. The summed E-state index contributed by atoms with van der Waals surface area (Å²) in [6.45, 7) is 4.51. The van der Waals surface area contributed by atoms with Gasteiger partial charge in [-0.05, 0) is 30.5 Å². The van der Waals surface area contributed by atoms with E-state index < -0.39 is 0 Å². The van der Waals surface area contributed by atoms with E-state index in [2.05, 4.69) is 12.3 Å². The molecule has 2 rings (SSSR count). The summed E-state index contributed by atoms with van der Waals surface area (Å²) in [5.74, 6) is 0. The maximum Gasteiger partial charge on any atom is 0.111 e. The summed E-state index contributed by atoms with van der Waals surface area (Å²) in [5.41, 5.74) is 5.25. The van der Waals surface area contributed by atoms with Crippen molar-refractivity contribution in [2.75, 3.05) is 6.61 Å². The second-order valence-corrected chi connectivity index (χ2v) is 4.04. The third-order valence-electron chi connectivity index (χ3n) is 2.59. The topological polar surface area (TPSA) is 9.23 Å². The highest BCUT2D eigenvalue weighted by molar-refractivity contribution is 6.30. The van der Waals surface area contributed by atoms with Crippen molar-refractivity contribution in [2.24, 2.45) is 0 Å². The number of rotatable bonds is 1. The molecule has 0 aliphatic carbocycles. The molecule has 1 aromatic rings. The highest BCUT2D eigenvalue weighted by atomic mass is 35.5. The lowest BCUT2D eigenvalue weighted by molar-refractivity contribution is 0.0526. The van der Waals surface area contributed by atoms with Crippen LogP contribution in [0.3, 0.4) is 0 Å². The third kappa shape index (κ3) is 2.32. The highest BCUT2D eigenvalue weighted by Crippen LogP contribution is 2.32. The van der Waals surface area contributed by atoms with Crippen molar-refractivity contribution in [3.63, 3.8) is 0 Å². The van der Waals surface area contributed by atoms with Crippen LogP contribution >= 0.6 is 11.6 Å². The van der Waals surface area contributed by atoms with Gasteiger partial charge >= 0.3 is 0 Å². The molecule has 1 saturated heterocycles. The van der Waals surface area contributed by atoms with Crippen LogP contribution in [0, 0.1) is 0 Å². The number of hydrogen-bond donors (Lipinski definition) is 0. The van der Waals surface area contributed by atoms with Crippen LogP contribution in [0.4, 0.5) is 0 Å². The van der Waals surface area contributed by atoms with E-state index in [4.69, 9.17) is 16.3 Å². The Bertz CT molecular complexity index is 388. The Morgan fingerprint density at radius 2 is 2.07 bits per heavy atom. The van der Waals surface area contributed by atoms with Crippen LogP contribution < -0.4 is 0 Å². The first-order chi connectivity index (χ1) is 7.31. The predicted molar refractivity (Wildman–Crippen MR) is 62.0 cm³/mol. The van der Waals surface area contributed by atoms with Crippen molar-refractivity contribution in [3.8, 4) is 0 Å². The quantitative estimate of drug-likeness (QED) is 0.653. The van der Waals surface area contributed by atoms with E-state index in [0.29, 0.717) is 0 Å². The van der Waals surface area contributed by atoms with E-state index in [1.165, 1.54) is 0 Å². The Kier molecular flexibility index (Phi) is 3.27. The number of hydrogen-bond acceptors (Lipinski definition) is 1. The number of halogens is 1. The summed E-state index contributed by atoms with van der Waals surface area (Å²) >= 11 is 5.85. The monoisotopic (exact) mass is 220 g/mol. The average Bonchev–Trinajstić information content (AvgIpc) is 2.30. The van der Waals surface area contributed by atoms with E-state index in [9.17, 15) is 0 Å². The van der Waals surface area contributed by atoms with Gasteiger partial charge in [-0.1, -0.05) is 30.3 Å². The van der Waals surface area contributed by atoms with Crippen LogP contribution in [0.15, 0.2) is 42.1 Å². The lowest BCUT2D eigenvalue weighted by atomic mass is 9.96. The summed E-state index contributed by atoms with van der Waals surface area (Å²) in [6, 6.07) is 7.76. The molecule has 1 nitrogen and oxygen atoms in total. The van der Waals surface area contributed by atoms with Crippen molar-refractivity contribution in [1.82, 2.24) is 0 Å². The van der Waals surface area contributed by atoms with Gasteiger partial charge in [0.1, 0.15) is 6.10 Å². The van der Waals surface area contributed by atoms with Gasteiger partial charge in [0, 0.05) is 17.2 Å². The molecule has 0 saturated carbocycles. The molecule has 0 aromatic heterocycles. The average molecular weight is 221 g/mol. The van der Waals surface area contributed by atoms with Gasteiger partial charge in [-0.2, -0.15) is 0 Å². The van der Waals surface area contributed by atoms with E-state index in [0.717, 1.165) is 35.6 Å². The van der Waals surface area contributed by atoms with E-state index in [1.54, 1.807) is 0 Å². The molecular formula is C13H13ClO. The van der Waals surface area contributed by atoms with E-state index in [1.807, 2.05) is 24.3 Å². The molecular weight excluding hydrogens is 208 g/mol. The van der Waals surface area contributed by atoms with Crippen molar-refractivity contribution in [1.29, 1.82) is 0 Å². The lowest BCUT2D eigenvalue weighted by Crippen LogP contribution is -2.14. The van der Waals surface area contributed by atoms with E-state index >= 15 is 0 Å². The summed E-state index contributed by atoms with van der Waals surface area (Å²) in [6.07, 6.45) is 2.10. The smallest absolute Gasteiger partial charge is 0.111 e. The molecule has 1 unspecified atom stereocenters. The third-order valence-corrected chi connectivity index (χ3v) is 2.84. The Morgan fingerprint density at radius 3 is 2.73 bits per heavy atom. The van der Waals surface area contributed by atoms with E-state index in [-0.39, 0.29) is 6.10 Å². The molecule has 1 aromatic carbocycles. The zero-order valence-electron chi connectivity index (χ0n) is 8.50. The second kappa shape index (κ2) is 4.67. The second-order valence-electron chi connectivity index (χ2n) is 3.61. The Morgan fingerprint density at radius 1 is 1.33 bits per heavy atom. The zero-order chi connectivity index (χ0) is 10.7. The van der Waals surface area contributed by atoms with Gasteiger partial charge in [-0.25, -0.2) is 0 Å². The van der Waals surface area contributed by atoms with Gasteiger partial charge in [-0.3, -0.25) is 0 Å². The normalized spacial score (nSPS) is 21.1. The van der Waals surface area contributed by atoms with Gasteiger partial charge in [-0.15, -0.1) is 5.73 Å². The Hall–Kier alpha value is -1.01. The van der Waals surface area contributed by atoms with Crippen molar-refractivity contribution in [3.05, 3.63) is 52.7 Å². The maximum absolute atomic E-state index is 5.85. The van der Waals surface area contributed by atoms with Crippen LogP contribution in [-0.2, 0) is 4.74 Å². The van der Waals surface area contributed by atoms with Crippen LogP contribution in [0.25, 0.3) is 0 Å². The van der Waals surface area contributed by atoms with Crippen molar-refractivity contribution in [2.45, 2.75) is 18.9 Å². The maximum atomic E-state index is 5.85. The van der Waals surface area contributed by atoms with Crippen LogP contribution in [0.2, 0.25) is 5.02 Å². The molecule has 1 aliphatic heterocycles. The molecule has 78 valence electrons. The minimum atomic E-state index is 0.0218. The molecule has 0 radical (unpaired) electrons. The first kappa shape index (κ1) is 10.5. The SMILES string of the molecule is C=C=C1CCCOC1c1ccc(Cl)cc1. The van der Waals surface area contributed by atoms with Gasteiger partial charge in [0.25, 0.3) is 0 Å². The first-order valence-electron chi connectivity index (χ1n) is 5.07. The van der Waals surface area contributed by atoms with Crippen molar-refractivity contribution >= 4 is 11.6 Å². The van der Waals surface area contributed by atoms with Gasteiger partial charge in [0.2, 0.25) is 0 Å². The summed E-state index contributed by atoms with van der Waals surface area (Å²) in [4.78, 5) is 0. The number of ether oxygens (including phenoxy) is 1.